The first kappa shape index (κ1) is 16.1. The molecule has 3 rings (SSSR count). The average Bonchev–Trinajstić information content (AvgIpc) is 3.05. The highest BCUT2D eigenvalue weighted by atomic mass is 32.1. The van der Waals surface area contributed by atoms with E-state index in [2.05, 4.69) is 39.1 Å². The summed E-state index contributed by atoms with van der Waals surface area (Å²) >= 11 is 1.73. The second-order valence-electron chi connectivity index (χ2n) is 5.60. The number of piperazine rings is 1. The van der Waals surface area contributed by atoms with Crippen LogP contribution in [0.4, 0.5) is 10.8 Å². The zero-order chi connectivity index (χ0) is 16.1. The van der Waals surface area contributed by atoms with Crippen molar-refractivity contribution in [2.45, 2.75) is 26.7 Å². The summed E-state index contributed by atoms with van der Waals surface area (Å²) in [5, 5.41) is 10.9. The summed E-state index contributed by atoms with van der Waals surface area (Å²) in [6, 6.07) is 8.30. The Labute approximate surface area is 141 Å². The summed E-state index contributed by atoms with van der Waals surface area (Å²) < 4.78 is 5.76. The largest absolute Gasteiger partial charge is 0.492 e. The first-order chi connectivity index (χ1) is 11.3. The molecule has 0 spiro atoms. The van der Waals surface area contributed by atoms with Gasteiger partial charge < -0.3 is 14.5 Å². The molecule has 1 aliphatic rings. The van der Waals surface area contributed by atoms with Crippen molar-refractivity contribution in [1.82, 2.24) is 10.2 Å². The highest BCUT2D eigenvalue weighted by molar-refractivity contribution is 7.15. The fraction of sp³-hybridized carbons (Fsp3) is 0.529. The van der Waals surface area contributed by atoms with Gasteiger partial charge in [-0.15, -0.1) is 10.2 Å². The molecule has 124 valence electrons. The summed E-state index contributed by atoms with van der Waals surface area (Å²) in [6.45, 7) is 8.80. The molecule has 0 saturated carbocycles. The van der Waals surface area contributed by atoms with E-state index in [1.807, 2.05) is 19.1 Å². The van der Waals surface area contributed by atoms with E-state index < -0.39 is 0 Å². The van der Waals surface area contributed by atoms with E-state index in [1.165, 1.54) is 5.69 Å². The standard InChI is InChI=1S/C17H24N4OS/c1-3-7-16-18-19-17(23-16)21-12-10-20(11-13-21)14-8-5-6-9-15(14)22-4-2/h5-6,8-9H,3-4,7,10-13H2,1-2H3. The third kappa shape index (κ3) is 3.75. The van der Waals surface area contributed by atoms with Gasteiger partial charge in [0.25, 0.3) is 0 Å². The molecule has 0 atom stereocenters. The van der Waals surface area contributed by atoms with Crippen LogP contribution in [-0.2, 0) is 6.42 Å². The minimum Gasteiger partial charge on any atom is -0.492 e. The highest BCUT2D eigenvalue weighted by Crippen LogP contribution is 2.30. The Bertz CT molecular complexity index is 623. The van der Waals surface area contributed by atoms with Crippen molar-refractivity contribution in [3.63, 3.8) is 0 Å². The van der Waals surface area contributed by atoms with E-state index >= 15 is 0 Å². The number of anilines is 2. The zero-order valence-electron chi connectivity index (χ0n) is 13.9. The molecule has 5 nitrogen and oxygen atoms in total. The van der Waals surface area contributed by atoms with Gasteiger partial charge in [0.1, 0.15) is 10.8 Å². The van der Waals surface area contributed by atoms with E-state index in [-0.39, 0.29) is 0 Å². The molecule has 1 aliphatic heterocycles. The number of hydrogen-bond donors (Lipinski definition) is 0. The summed E-state index contributed by atoms with van der Waals surface area (Å²) in [5.41, 5.74) is 1.19. The molecule has 0 N–H and O–H groups in total. The fourth-order valence-electron chi connectivity index (χ4n) is 2.82. The molecule has 0 unspecified atom stereocenters. The van der Waals surface area contributed by atoms with Gasteiger partial charge in [-0.25, -0.2) is 0 Å². The van der Waals surface area contributed by atoms with Crippen LogP contribution in [0.15, 0.2) is 24.3 Å². The lowest BCUT2D eigenvalue weighted by atomic mass is 10.2. The molecular formula is C17H24N4OS. The van der Waals surface area contributed by atoms with Crippen LogP contribution in [0, 0.1) is 0 Å². The van der Waals surface area contributed by atoms with Gasteiger partial charge in [0.05, 0.1) is 12.3 Å². The van der Waals surface area contributed by atoms with Crippen molar-refractivity contribution in [2.24, 2.45) is 0 Å². The predicted octanol–water partition coefficient (Wildman–Crippen LogP) is 3.22. The van der Waals surface area contributed by atoms with Gasteiger partial charge in [0, 0.05) is 32.6 Å². The third-order valence-corrected chi connectivity index (χ3v) is 5.02. The number of nitrogens with zero attached hydrogens (tertiary/aromatic N) is 4. The van der Waals surface area contributed by atoms with Gasteiger partial charge in [-0.3, -0.25) is 0 Å². The van der Waals surface area contributed by atoms with Gasteiger partial charge in [-0.05, 0) is 25.5 Å². The van der Waals surface area contributed by atoms with Crippen molar-refractivity contribution in [3.8, 4) is 5.75 Å². The number of rotatable bonds is 6. The van der Waals surface area contributed by atoms with E-state index in [0.717, 1.165) is 54.9 Å². The van der Waals surface area contributed by atoms with E-state index in [9.17, 15) is 0 Å². The number of aromatic nitrogens is 2. The van der Waals surface area contributed by atoms with Gasteiger partial charge >= 0.3 is 0 Å². The van der Waals surface area contributed by atoms with Crippen LogP contribution in [0.25, 0.3) is 0 Å². The molecule has 0 bridgehead atoms. The van der Waals surface area contributed by atoms with Crippen LogP contribution in [-0.4, -0.2) is 43.0 Å². The molecule has 0 amide bonds. The van der Waals surface area contributed by atoms with Crippen molar-refractivity contribution in [1.29, 1.82) is 0 Å². The van der Waals surface area contributed by atoms with Crippen LogP contribution < -0.4 is 14.5 Å². The molecule has 6 heteroatoms. The molecule has 1 saturated heterocycles. The summed E-state index contributed by atoms with van der Waals surface area (Å²) in [7, 11) is 0. The SMILES string of the molecule is CCCc1nnc(N2CCN(c3ccccc3OCC)CC2)s1. The molecule has 2 heterocycles. The van der Waals surface area contributed by atoms with Gasteiger partial charge in [-0.1, -0.05) is 30.4 Å². The Morgan fingerprint density at radius 1 is 1.04 bits per heavy atom. The normalized spacial score (nSPS) is 15.0. The van der Waals surface area contributed by atoms with Crippen LogP contribution in [0.2, 0.25) is 0 Å². The number of hydrogen-bond acceptors (Lipinski definition) is 6. The molecule has 23 heavy (non-hydrogen) atoms. The van der Waals surface area contributed by atoms with Crippen molar-refractivity contribution in [3.05, 3.63) is 29.3 Å². The number of ether oxygens (including phenoxy) is 1. The van der Waals surface area contributed by atoms with Crippen LogP contribution in [0.1, 0.15) is 25.3 Å². The minimum atomic E-state index is 0.696. The second kappa shape index (κ2) is 7.64. The quantitative estimate of drug-likeness (QED) is 0.812. The van der Waals surface area contributed by atoms with Crippen molar-refractivity contribution >= 4 is 22.2 Å². The van der Waals surface area contributed by atoms with Gasteiger partial charge in [0.15, 0.2) is 0 Å². The summed E-state index contributed by atoms with van der Waals surface area (Å²) in [4.78, 5) is 4.74. The van der Waals surface area contributed by atoms with Gasteiger partial charge in [0.2, 0.25) is 5.13 Å². The molecule has 1 fully saturated rings. The van der Waals surface area contributed by atoms with Crippen molar-refractivity contribution in [2.75, 3.05) is 42.6 Å². The number of aryl methyl sites for hydroxylation is 1. The maximum absolute atomic E-state index is 5.76. The number of benzene rings is 1. The lowest BCUT2D eigenvalue weighted by molar-refractivity contribution is 0.340. The van der Waals surface area contributed by atoms with Crippen LogP contribution >= 0.6 is 11.3 Å². The minimum absolute atomic E-state index is 0.696. The Morgan fingerprint density at radius 3 is 2.52 bits per heavy atom. The Morgan fingerprint density at radius 2 is 1.78 bits per heavy atom. The lowest BCUT2D eigenvalue weighted by Gasteiger charge is -2.36. The topological polar surface area (TPSA) is 41.5 Å². The van der Waals surface area contributed by atoms with E-state index in [1.54, 1.807) is 11.3 Å². The van der Waals surface area contributed by atoms with Gasteiger partial charge in [-0.2, -0.15) is 0 Å². The Hall–Kier alpha value is -1.82. The first-order valence-corrected chi connectivity index (χ1v) is 9.17. The molecule has 2 aromatic rings. The lowest BCUT2D eigenvalue weighted by Crippen LogP contribution is -2.46. The molecule has 0 radical (unpaired) electrons. The summed E-state index contributed by atoms with van der Waals surface area (Å²) in [6.07, 6.45) is 2.15. The second-order valence-corrected chi connectivity index (χ2v) is 6.64. The highest BCUT2D eigenvalue weighted by Gasteiger charge is 2.22. The smallest absolute Gasteiger partial charge is 0.208 e. The molecule has 0 aliphatic carbocycles. The van der Waals surface area contributed by atoms with Crippen LogP contribution in [0.3, 0.4) is 0 Å². The maximum Gasteiger partial charge on any atom is 0.208 e. The summed E-state index contributed by atoms with van der Waals surface area (Å²) in [5.74, 6) is 0.976. The van der Waals surface area contributed by atoms with E-state index in [4.69, 9.17) is 4.74 Å². The zero-order valence-corrected chi connectivity index (χ0v) is 14.7. The Kier molecular flexibility index (Phi) is 5.33. The fourth-order valence-corrected chi connectivity index (χ4v) is 3.81. The Balaban J connectivity index is 1.64. The first-order valence-electron chi connectivity index (χ1n) is 8.36. The van der Waals surface area contributed by atoms with E-state index in [0.29, 0.717) is 6.61 Å². The average molecular weight is 332 g/mol. The molecule has 1 aromatic carbocycles. The molecular weight excluding hydrogens is 308 g/mol. The maximum atomic E-state index is 5.76. The van der Waals surface area contributed by atoms with Crippen LogP contribution in [0.5, 0.6) is 5.75 Å². The van der Waals surface area contributed by atoms with Crippen molar-refractivity contribution < 1.29 is 4.74 Å². The third-order valence-electron chi connectivity index (χ3n) is 3.98. The predicted molar refractivity (Wildman–Crippen MR) is 95.9 cm³/mol. The molecule has 1 aromatic heterocycles. The number of para-hydroxylation sites is 2. The monoisotopic (exact) mass is 332 g/mol.